The van der Waals surface area contributed by atoms with Gasteiger partial charge in [-0.2, -0.15) is 0 Å². The van der Waals surface area contributed by atoms with Crippen molar-refractivity contribution in [2.24, 2.45) is 0 Å². The number of carbonyl (C=O) groups is 1. The first-order valence-electron chi connectivity index (χ1n) is 7.54. The molecule has 120 valence electrons. The molecule has 0 aromatic heterocycles. The summed E-state index contributed by atoms with van der Waals surface area (Å²) in [6, 6.07) is 0. The van der Waals surface area contributed by atoms with Gasteiger partial charge < -0.3 is 9.45 Å². The Morgan fingerprint density at radius 2 is 1.38 bits per heavy atom. The Morgan fingerprint density at radius 3 is 1.81 bits per heavy atom. The fraction of sp³-hybridized carbons (Fsp3) is 0.929. The Balaban J connectivity index is 0. The first-order chi connectivity index (χ1) is 9.37. The van der Waals surface area contributed by atoms with Crippen LogP contribution >= 0.6 is 0 Å². The minimum atomic E-state index is -4.36. The van der Waals surface area contributed by atoms with Crippen LogP contribution in [0.25, 0.3) is 0 Å². The van der Waals surface area contributed by atoms with Crippen molar-refractivity contribution in [2.45, 2.75) is 71.1 Å². The molecule has 0 atom stereocenters. The van der Waals surface area contributed by atoms with Crippen LogP contribution in [0.2, 0.25) is 0 Å². The number of hydrogen-bond acceptors (Lipinski definition) is 4. The van der Waals surface area contributed by atoms with Crippen LogP contribution in [-0.2, 0) is 14.9 Å². The van der Waals surface area contributed by atoms with E-state index in [4.69, 9.17) is 0 Å². The summed E-state index contributed by atoms with van der Waals surface area (Å²) in [5.74, 6) is -1.00. The Bertz CT molecular complexity index is 360. The molecule has 0 saturated heterocycles. The summed E-state index contributed by atoms with van der Waals surface area (Å²) in [5.41, 5.74) is 0. The van der Waals surface area contributed by atoms with E-state index in [-0.39, 0.29) is 35.5 Å². The van der Waals surface area contributed by atoms with Crippen LogP contribution < -0.4 is 29.6 Å². The van der Waals surface area contributed by atoms with E-state index in [0.29, 0.717) is 6.42 Å². The Hall–Kier alpha value is 0.380. The maximum atomic E-state index is 11.6. The molecule has 0 aliphatic rings. The van der Waals surface area contributed by atoms with Gasteiger partial charge in [-0.15, -0.1) is 0 Å². The van der Waals surface area contributed by atoms with Crippen molar-refractivity contribution in [1.82, 2.24) is 4.90 Å². The second kappa shape index (κ2) is 14.0. The van der Waals surface area contributed by atoms with E-state index in [1.165, 1.54) is 45.6 Å². The van der Waals surface area contributed by atoms with Crippen LogP contribution in [-0.4, -0.2) is 36.7 Å². The number of unbranched alkanes of at least 4 members (excludes halogenated alkanes) is 8. The molecule has 7 heteroatoms. The molecule has 0 unspecified atom stereocenters. The van der Waals surface area contributed by atoms with Crippen LogP contribution in [0.5, 0.6) is 0 Å². The predicted octanol–water partition coefficient (Wildman–Crippen LogP) is -0.128. The van der Waals surface area contributed by atoms with E-state index in [0.717, 1.165) is 24.2 Å². The van der Waals surface area contributed by atoms with Gasteiger partial charge in [0.2, 0.25) is 5.91 Å². The molecule has 0 heterocycles. The summed E-state index contributed by atoms with van der Waals surface area (Å²) in [6.45, 7) is 2.20. The first-order valence-corrected chi connectivity index (χ1v) is 9.12. The van der Waals surface area contributed by atoms with Gasteiger partial charge in [-0.1, -0.05) is 58.3 Å². The van der Waals surface area contributed by atoms with Crippen molar-refractivity contribution in [1.29, 1.82) is 0 Å². The Morgan fingerprint density at radius 1 is 0.952 bits per heavy atom. The van der Waals surface area contributed by atoms with Crippen LogP contribution in [0, 0.1) is 0 Å². The molecule has 1 amide bonds. The predicted molar refractivity (Wildman–Crippen MR) is 79.2 cm³/mol. The molecule has 0 spiro atoms. The maximum absolute atomic E-state index is 11.6. The third kappa shape index (κ3) is 16.6. The molecule has 0 rings (SSSR count). The molecule has 0 fully saturated rings. The summed E-state index contributed by atoms with van der Waals surface area (Å²) in [7, 11) is -3.01. The molecular weight excluding hydrogens is 301 g/mol. The molecule has 5 nitrogen and oxygen atoms in total. The topological polar surface area (TPSA) is 77.5 Å². The maximum Gasteiger partial charge on any atom is 1.00 e. The molecule has 0 radical (unpaired) electrons. The van der Waals surface area contributed by atoms with E-state index in [1.807, 2.05) is 0 Å². The van der Waals surface area contributed by atoms with Gasteiger partial charge in [0.1, 0.15) is 16.0 Å². The van der Waals surface area contributed by atoms with Crippen molar-refractivity contribution in [2.75, 3.05) is 12.9 Å². The van der Waals surface area contributed by atoms with Crippen molar-refractivity contribution < 1.29 is 47.3 Å². The third-order valence-corrected chi connectivity index (χ3v) is 3.98. The van der Waals surface area contributed by atoms with Gasteiger partial charge in [0.15, 0.2) is 0 Å². The second-order valence-corrected chi connectivity index (χ2v) is 6.73. The Kier molecular flexibility index (Phi) is 15.8. The van der Waals surface area contributed by atoms with Crippen LogP contribution in [0.4, 0.5) is 0 Å². The zero-order chi connectivity index (χ0) is 15.4. The quantitative estimate of drug-likeness (QED) is 0.284. The summed E-state index contributed by atoms with van der Waals surface area (Å²) < 4.78 is 31.6. The molecule has 0 saturated carbocycles. The van der Waals surface area contributed by atoms with Crippen molar-refractivity contribution in [3.8, 4) is 0 Å². The smallest absolute Gasteiger partial charge is 0.747 e. The minimum absolute atomic E-state index is 0. The van der Waals surface area contributed by atoms with E-state index in [1.54, 1.807) is 0 Å². The zero-order valence-corrected chi connectivity index (χ0v) is 16.6. The van der Waals surface area contributed by atoms with E-state index in [9.17, 15) is 17.8 Å². The molecule has 0 aliphatic heterocycles. The van der Waals surface area contributed by atoms with Crippen LogP contribution in [0.1, 0.15) is 71.1 Å². The average Bonchev–Trinajstić information content (AvgIpc) is 2.34. The Labute approximate surface area is 151 Å². The summed E-state index contributed by atoms with van der Waals surface area (Å²) in [6.07, 6.45) is 10.8. The molecule has 0 bridgehead atoms. The van der Waals surface area contributed by atoms with Gasteiger partial charge in [-0.3, -0.25) is 4.79 Å². The summed E-state index contributed by atoms with van der Waals surface area (Å²) >= 11 is 0. The molecule has 0 aromatic carbocycles. The molecular formula is C14H28NNaO4S. The summed E-state index contributed by atoms with van der Waals surface area (Å²) in [5, 5.41) is 0. The molecule has 21 heavy (non-hydrogen) atoms. The number of nitrogens with zero attached hydrogens (tertiary/aromatic N) is 1. The SMILES string of the molecule is CCCCCCCCCCCC(=O)N(C)CS(=O)(=O)[O-].[Na+]. The largest absolute Gasteiger partial charge is 1.00 e. The second-order valence-electron chi connectivity index (χ2n) is 5.36. The number of carbonyl (C=O) groups excluding carboxylic acids is 1. The van der Waals surface area contributed by atoms with Crippen molar-refractivity contribution in [3.05, 3.63) is 0 Å². The monoisotopic (exact) mass is 329 g/mol. The van der Waals surface area contributed by atoms with Gasteiger partial charge in [-0.05, 0) is 6.42 Å². The number of hydrogen-bond donors (Lipinski definition) is 0. The van der Waals surface area contributed by atoms with Gasteiger partial charge in [0.05, 0.1) is 0 Å². The summed E-state index contributed by atoms with van der Waals surface area (Å²) in [4.78, 5) is 12.5. The van der Waals surface area contributed by atoms with Gasteiger partial charge in [0.25, 0.3) is 0 Å². The molecule has 0 aromatic rings. The van der Waals surface area contributed by atoms with Crippen LogP contribution in [0.15, 0.2) is 0 Å². The van der Waals surface area contributed by atoms with Crippen LogP contribution in [0.3, 0.4) is 0 Å². The molecule has 0 aliphatic carbocycles. The normalized spacial score (nSPS) is 11.0. The van der Waals surface area contributed by atoms with E-state index >= 15 is 0 Å². The molecule has 0 N–H and O–H groups in total. The minimum Gasteiger partial charge on any atom is -0.747 e. The average molecular weight is 329 g/mol. The fourth-order valence-corrected chi connectivity index (χ4v) is 2.71. The third-order valence-electron chi connectivity index (χ3n) is 3.27. The first kappa shape index (κ1) is 23.6. The number of rotatable bonds is 12. The van der Waals surface area contributed by atoms with E-state index in [2.05, 4.69) is 6.92 Å². The fourth-order valence-electron chi connectivity index (χ4n) is 2.09. The van der Waals surface area contributed by atoms with Gasteiger partial charge in [-0.25, -0.2) is 8.42 Å². The van der Waals surface area contributed by atoms with Gasteiger partial charge in [0, 0.05) is 13.5 Å². The zero-order valence-electron chi connectivity index (χ0n) is 13.8. The van der Waals surface area contributed by atoms with Crippen molar-refractivity contribution >= 4 is 16.0 Å². The van der Waals surface area contributed by atoms with Gasteiger partial charge >= 0.3 is 29.6 Å². The number of amides is 1. The van der Waals surface area contributed by atoms with Crippen molar-refractivity contribution in [3.63, 3.8) is 0 Å². The van der Waals surface area contributed by atoms with E-state index < -0.39 is 16.0 Å². The standard InChI is InChI=1S/C14H29NO4S.Na/c1-3-4-5-6-7-8-9-10-11-12-14(16)15(2)13-20(17,18)19;/h3-13H2,1-2H3,(H,17,18,19);/q;+1/p-1.